The predicted molar refractivity (Wildman–Crippen MR) is 123 cm³/mol. The molecule has 0 aliphatic heterocycles. The summed E-state index contributed by atoms with van der Waals surface area (Å²) in [6.45, 7) is 6.42. The smallest absolute Gasteiger partial charge is 0.240 e. The maximum Gasteiger partial charge on any atom is 0.240 e. The zero-order chi connectivity index (χ0) is 22.2. The molecule has 0 saturated heterocycles. The molecule has 4 aromatic rings. The molecule has 0 bridgehead atoms. The highest BCUT2D eigenvalue weighted by molar-refractivity contribution is 7.89. The highest BCUT2D eigenvalue weighted by Gasteiger charge is 2.17. The zero-order valence-electron chi connectivity index (χ0n) is 17.8. The first-order valence-corrected chi connectivity index (χ1v) is 11.5. The fraction of sp³-hybridized carbons (Fsp3) is 0.217. The van der Waals surface area contributed by atoms with Crippen molar-refractivity contribution in [2.45, 2.75) is 32.2 Å². The van der Waals surface area contributed by atoms with Crippen molar-refractivity contribution in [2.75, 3.05) is 12.3 Å². The normalized spacial score (nSPS) is 11.8. The van der Waals surface area contributed by atoms with E-state index in [2.05, 4.69) is 14.7 Å². The van der Waals surface area contributed by atoms with Crippen molar-refractivity contribution in [1.82, 2.24) is 19.3 Å². The first kappa shape index (κ1) is 21.0. The van der Waals surface area contributed by atoms with Crippen LogP contribution < -0.4 is 10.5 Å². The Morgan fingerprint density at radius 3 is 2.26 bits per heavy atom. The van der Waals surface area contributed by atoms with Crippen molar-refractivity contribution in [3.8, 4) is 11.1 Å². The summed E-state index contributed by atoms with van der Waals surface area (Å²) in [5, 5.41) is 0. The molecule has 2 aromatic heterocycles. The number of hydrogen-bond acceptors (Lipinski definition) is 5. The molecule has 0 radical (unpaired) electrons. The number of imidazole rings is 1. The number of rotatable bonds is 6. The molecule has 2 heterocycles. The minimum atomic E-state index is -3.63. The summed E-state index contributed by atoms with van der Waals surface area (Å²) in [5.74, 6) is 1.16. The third-order valence-electron chi connectivity index (χ3n) is 5.49. The number of anilines is 1. The lowest BCUT2D eigenvalue weighted by Gasteiger charge is -2.12. The lowest BCUT2D eigenvalue weighted by molar-refractivity contribution is 0.572. The van der Waals surface area contributed by atoms with Gasteiger partial charge in [0, 0.05) is 18.8 Å². The van der Waals surface area contributed by atoms with E-state index in [4.69, 9.17) is 5.73 Å². The van der Waals surface area contributed by atoms with Gasteiger partial charge in [-0.1, -0.05) is 42.5 Å². The van der Waals surface area contributed by atoms with Crippen LogP contribution in [-0.2, 0) is 16.6 Å². The van der Waals surface area contributed by atoms with Crippen LogP contribution in [-0.4, -0.2) is 29.5 Å². The van der Waals surface area contributed by atoms with Crippen LogP contribution in [0.5, 0.6) is 0 Å². The number of sulfonamides is 1. The van der Waals surface area contributed by atoms with Gasteiger partial charge in [-0.2, -0.15) is 0 Å². The number of hydrogen-bond donors (Lipinski definition) is 2. The molecule has 0 unspecified atom stereocenters. The average Bonchev–Trinajstić information content (AvgIpc) is 3.10. The van der Waals surface area contributed by atoms with Crippen molar-refractivity contribution in [3.63, 3.8) is 0 Å². The second-order valence-corrected chi connectivity index (χ2v) is 9.27. The van der Waals surface area contributed by atoms with E-state index in [1.165, 1.54) is 0 Å². The molecular weight excluding hydrogens is 410 g/mol. The van der Waals surface area contributed by atoms with Crippen molar-refractivity contribution in [3.05, 3.63) is 71.7 Å². The molecule has 160 valence electrons. The van der Waals surface area contributed by atoms with Crippen LogP contribution in [0.25, 0.3) is 22.2 Å². The third kappa shape index (κ3) is 4.04. The number of nitrogen functional groups attached to an aromatic ring is 1. The molecule has 0 spiro atoms. The standard InChI is InChI=1S/C23H25N5O2S/c1-15-16(2)26-23(24)21-22(15)28(17(3)27-21)14-13-25-31(29,30)20-11-9-19(10-12-20)18-7-5-4-6-8-18/h4-12,25H,13-14H2,1-3H3,(H2,24,26). The summed E-state index contributed by atoms with van der Waals surface area (Å²) < 4.78 is 30.2. The summed E-state index contributed by atoms with van der Waals surface area (Å²) in [7, 11) is -3.63. The molecule has 7 nitrogen and oxygen atoms in total. The van der Waals surface area contributed by atoms with Crippen LogP contribution >= 0.6 is 0 Å². The molecule has 0 amide bonds. The molecule has 31 heavy (non-hydrogen) atoms. The number of benzene rings is 2. The van der Waals surface area contributed by atoms with Crippen LogP contribution in [0.2, 0.25) is 0 Å². The Kier molecular flexibility index (Phi) is 5.51. The van der Waals surface area contributed by atoms with Crippen LogP contribution in [0.15, 0.2) is 59.5 Å². The summed E-state index contributed by atoms with van der Waals surface area (Å²) in [4.78, 5) is 9.09. The SMILES string of the molecule is Cc1nc(N)c2nc(C)n(CCNS(=O)(=O)c3ccc(-c4ccccc4)cc3)c2c1C. The Bertz CT molecular complexity index is 1340. The van der Waals surface area contributed by atoms with E-state index in [1.807, 2.05) is 67.8 Å². The highest BCUT2D eigenvalue weighted by Crippen LogP contribution is 2.26. The number of pyridine rings is 1. The first-order valence-electron chi connectivity index (χ1n) is 10.0. The largest absolute Gasteiger partial charge is 0.382 e. The molecule has 0 aliphatic carbocycles. The van der Waals surface area contributed by atoms with Gasteiger partial charge in [-0.05, 0) is 49.6 Å². The van der Waals surface area contributed by atoms with Gasteiger partial charge in [0.1, 0.15) is 11.3 Å². The predicted octanol–water partition coefficient (Wildman–Crippen LogP) is 3.58. The van der Waals surface area contributed by atoms with Gasteiger partial charge in [0.15, 0.2) is 5.82 Å². The zero-order valence-corrected chi connectivity index (χ0v) is 18.6. The van der Waals surface area contributed by atoms with E-state index in [0.29, 0.717) is 17.9 Å². The van der Waals surface area contributed by atoms with E-state index in [-0.39, 0.29) is 11.4 Å². The Labute approximate surface area is 182 Å². The van der Waals surface area contributed by atoms with Gasteiger partial charge in [-0.3, -0.25) is 0 Å². The Balaban J connectivity index is 1.52. The minimum absolute atomic E-state index is 0.232. The van der Waals surface area contributed by atoms with Crippen LogP contribution in [0.1, 0.15) is 17.1 Å². The van der Waals surface area contributed by atoms with E-state index in [9.17, 15) is 8.42 Å². The van der Waals surface area contributed by atoms with E-state index >= 15 is 0 Å². The van der Waals surface area contributed by atoms with Crippen molar-refractivity contribution in [1.29, 1.82) is 0 Å². The summed E-state index contributed by atoms with van der Waals surface area (Å²) in [5.41, 5.74) is 11.4. The van der Waals surface area contributed by atoms with E-state index in [0.717, 1.165) is 33.7 Å². The molecule has 4 rings (SSSR count). The lowest BCUT2D eigenvalue weighted by atomic mass is 10.1. The molecule has 8 heteroatoms. The van der Waals surface area contributed by atoms with Crippen LogP contribution in [0.4, 0.5) is 5.82 Å². The van der Waals surface area contributed by atoms with Crippen LogP contribution in [0, 0.1) is 20.8 Å². The molecule has 0 atom stereocenters. The molecule has 3 N–H and O–H groups in total. The average molecular weight is 436 g/mol. The topological polar surface area (TPSA) is 103 Å². The van der Waals surface area contributed by atoms with Crippen LogP contribution in [0.3, 0.4) is 0 Å². The number of nitrogens with zero attached hydrogens (tertiary/aromatic N) is 3. The van der Waals surface area contributed by atoms with Crippen molar-refractivity contribution < 1.29 is 8.42 Å². The fourth-order valence-corrected chi connectivity index (χ4v) is 4.74. The summed E-state index contributed by atoms with van der Waals surface area (Å²) >= 11 is 0. The molecule has 0 saturated carbocycles. The quantitative estimate of drug-likeness (QED) is 0.482. The van der Waals surface area contributed by atoms with Gasteiger partial charge in [-0.15, -0.1) is 0 Å². The molecular formula is C23H25N5O2S. The number of aryl methyl sites for hydroxylation is 3. The minimum Gasteiger partial charge on any atom is -0.382 e. The summed E-state index contributed by atoms with van der Waals surface area (Å²) in [6, 6.07) is 16.7. The number of fused-ring (bicyclic) bond motifs is 1. The maximum atomic E-state index is 12.8. The highest BCUT2D eigenvalue weighted by atomic mass is 32.2. The van der Waals surface area contributed by atoms with Gasteiger partial charge < -0.3 is 10.3 Å². The Hall–Kier alpha value is -3.23. The van der Waals surface area contributed by atoms with Gasteiger partial charge >= 0.3 is 0 Å². The van der Waals surface area contributed by atoms with Gasteiger partial charge in [0.25, 0.3) is 0 Å². The lowest BCUT2D eigenvalue weighted by Crippen LogP contribution is -2.27. The van der Waals surface area contributed by atoms with Gasteiger partial charge in [0.05, 0.1) is 10.4 Å². The monoisotopic (exact) mass is 435 g/mol. The fourth-order valence-electron chi connectivity index (χ4n) is 3.72. The summed E-state index contributed by atoms with van der Waals surface area (Å²) in [6.07, 6.45) is 0. The first-order chi connectivity index (χ1) is 14.8. The van der Waals surface area contributed by atoms with Gasteiger partial charge in [0.2, 0.25) is 10.0 Å². The molecule has 0 aliphatic rings. The number of nitrogens with one attached hydrogen (secondary N) is 1. The Morgan fingerprint density at radius 2 is 1.58 bits per heavy atom. The van der Waals surface area contributed by atoms with Crippen molar-refractivity contribution >= 4 is 26.9 Å². The molecule has 2 aromatic carbocycles. The second kappa shape index (κ2) is 8.13. The Morgan fingerprint density at radius 1 is 0.935 bits per heavy atom. The maximum absolute atomic E-state index is 12.8. The second-order valence-electron chi connectivity index (χ2n) is 7.50. The van der Waals surface area contributed by atoms with Crippen molar-refractivity contribution in [2.24, 2.45) is 0 Å². The third-order valence-corrected chi connectivity index (χ3v) is 6.96. The number of nitrogens with two attached hydrogens (primary N) is 1. The van der Waals surface area contributed by atoms with E-state index < -0.39 is 10.0 Å². The molecule has 0 fully saturated rings. The number of aromatic nitrogens is 3. The van der Waals surface area contributed by atoms with E-state index in [1.54, 1.807) is 12.1 Å². The van der Waals surface area contributed by atoms with Gasteiger partial charge in [-0.25, -0.2) is 23.1 Å².